The second-order valence-corrected chi connectivity index (χ2v) is 5.80. The number of para-hydroxylation sites is 1. The number of hydrogen-bond donors (Lipinski definition) is 1. The number of rotatable bonds is 5. The normalized spacial score (nSPS) is 11.8. The number of halogens is 1. The summed E-state index contributed by atoms with van der Waals surface area (Å²) < 4.78 is 17.8. The van der Waals surface area contributed by atoms with Crippen LogP contribution in [0.3, 0.4) is 0 Å². The van der Waals surface area contributed by atoms with Gasteiger partial charge in [-0.15, -0.1) is 0 Å². The Hall–Kier alpha value is -3.28. The van der Waals surface area contributed by atoms with E-state index in [1.54, 1.807) is 18.2 Å². The van der Waals surface area contributed by atoms with E-state index in [9.17, 15) is 14.0 Å². The molecule has 3 rings (SSSR count). The maximum absolute atomic E-state index is 13.0. The molecule has 2 aromatic carbocycles. The fourth-order valence-corrected chi connectivity index (χ4v) is 2.63. The Morgan fingerprint density at radius 1 is 1.15 bits per heavy atom. The second kappa shape index (κ2) is 7.74. The lowest BCUT2D eigenvalue weighted by atomic mass is 10.1. The number of ether oxygens (including phenoxy) is 1. The molecular weight excluding hydrogens is 335 g/mol. The van der Waals surface area contributed by atoms with Gasteiger partial charge in [-0.3, -0.25) is 9.78 Å². The van der Waals surface area contributed by atoms with Crippen LogP contribution in [-0.4, -0.2) is 30.0 Å². The number of carbonyl (C=O) groups excluding carboxylic acids is 2. The molecule has 0 bridgehead atoms. The Bertz CT molecular complexity index is 941. The van der Waals surface area contributed by atoms with Crippen molar-refractivity contribution in [3.05, 3.63) is 77.7 Å². The fourth-order valence-electron chi connectivity index (χ4n) is 2.63. The van der Waals surface area contributed by atoms with Gasteiger partial charge in [0.25, 0.3) is 5.91 Å². The van der Waals surface area contributed by atoms with E-state index in [-0.39, 0.29) is 12.2 Å². The molecule has 1 aromatic heterocycles. The minimum Gasteiger partial charge on any atom is -0.467 e. The minimum absolute atomic E-state index is 0.194. The minimum atomic E-state index is -0.885. The van der Waals surface area contributed by atoms with Crippen LogP contribution in [0, 0.1) is 5.82 Å². The predicted octanol–water partition coefficient (Wildman–Crippen LogP) is 2.89. The molecule has 0 unspecified atom stereocenters. The summed E-state index contributed by atoms with van der Waals surface area (Å²) in [5.74, 6) is -1.37. The summed E-state index contributed by atoms with van der Waals surface area (Å²) >= 11 is 0. The van der Waals surface area contributed by atoms with Crippen LogP contribution < -0.4 is 5.32 Å². The zero-order valence-corrected chi connectivity index (χ0v) is 14.1. The SMILES string of the molecule is COC(=O)[C@@H](Cc1ccc(F)cc1)NC(=O)c1cnc2ccccc2c1. The summed E-state index contributed by atoms with van der Waals surface area (Å²) in [5, 5.41) is 3.49. The summed E-state index contributed by atoms with van der Waals surface area (Å²) in [4.78, 5) is 28.8. The van der Waals surface area contributed by atoms with E-state index in [0.717, 1.165) is 10.9 Å². The Morgan fingerprint density at radius 2 is 1.88 bits per heavy atom. The molecule has 0 spiro atoms. The first-order valence-corrected chi connectivity index (χ1v) is 8.05. The van der Waals surface area contributed by atoms with Gasteiger partial charge in [0.2, 0.25) is 0 Å². The number of pyridine rings is 1. The van der Waals surface area contributed by atoms with Crippen molar-refractivity contribution in [1.29, 1.82) is 0 Å². The molecule has 1 amide bonds. The Balaban J connectivity index is 1.79. The van der Waals surface area contributed by atoms with Crippen LogP contribution in [0.2, 0.25) is 0 Å². The molecule has 1 atom stereocenters. The average Bonchev–Trinajstić information content (AvgIpc) is 2.68. The van der Waals surface area contributed by atoms with Crippen molar-refractivity contribution in [2.45, 2.75) is 12.5 Å². The Morgan fingerprint density at radius 3 is 2.62 bits per heavy atom. The number of methoxy groups -OCH3 is 1. The van der Waals surface area contributed by atoms with Crippen LogP contribution in [0.4, 0.5) is 4.39 Å². The topological polar surface area (TPSA) is 68.3 Å². The van der Waals surface area contributed by atoms with Crippen LogP contribution >= 0.6 is 0 Å². The van der Waals surface area contributed by atoms with Crippen molar-refractivity contribution < 1.29 is 18.7 Å². The van der Waals surface area contributed by atoms with E-state index in [0.29, 0.717) is 11.1 Å². The van der Waals surface area contributed by atoms with Crippen molar-refractivity contribution in [2.75, 3.05) is 7.11 Å². The number of nitrogens with one attached hydrogen (secondary N) is 1. The standard InChI is InChI=1S/C20H17FN2O3/c1-26-20(25)18(10-13-6-8-16(21)9-7-13)23-19(24)15-11-14-4-2-3-5-17(14)22-12-15/h2-9,11-12,18H,10H2,1H3,(H,23,24)/t18-/m1/s1. The number of carbonyl (C=O) groups is 2. The van der Waals surface area contributed by atoms with Crippen LogP contribution in [0.15, 0.2) is 60.8 Å². The van der Waals surface area contributed by atoms with Gasteiger partial charge in [-0.25, -0.2) is 9.18 Å². The average molecular weight is 352 g/mol. The Labute approximate surface area is 149 Å². The van der Waals surface area contributed by atoms with E-state index < -0.39 is 17.9 Å². The maximum atomic E-state index is 13.0. The number of hydrogen-bond acceptors (Lipinski definition) is 4. The van der Waals surface area contributed by atoms with Crippen molar-refractivity contribution in [2.24, 2.45) is 0 Å². The molecule has 6 heteroatoms. The van der Waals surface area contributed by atoms with Gasteiger partial charge in [0, 0.05) is 18.0 Å². The molecular formula is C20H17FN2O3. The van der Waals surface area contributed by atoms with E-state index in [2.05, 4.69) is 10.3 Å². The summed E-state index contributed by atoms with van der Waals surface area (Å²) in [6.45, 7) is 0. The Kier molecular flexibility index (Phi) is 5.22. The van der Waals surface area contributed by atoms with Gasteiger partial charge in [0.1, 0.15) is 11.9 Å². The van der Waals surface area contributed by atoms with E-state index in [1.165, 1.54) is 25.4 Å². The molecule has 0 aliphatic rings. The van der Waals surface area contributed by atoms with Gasteiger partial charge in [-0.2, -0.15) is 0 Å². The summed E-state index contributed by atoms with van der Waals surface area (Å²) in [6, 6.07) is 14.0. The third-order valence-electron chi connectivity index (χ3n) is 4.00. The largest absolute Gasteiger partial charge is 0.467 e. The lowest BCUT2D eigenvalue weighted by molar-refractivity contribution is -0.142. The maximum Gasteiger partial charge on any atom is 0.328 e. The van der Waals surface area contributed by atoms with Gasteiger partial charge in [-0.1, -0.05) is 30.3 Å². The quantitative estimate of drug-likeness (QED) is 0.717. The number of aromatic nitrogens is 1. The van der Waals surface area contributed by atoms with Gasteiger partial charge >= 0.3 is 5.97 Å². The zero-order valence-electron chi connectivity index (χ0n) is 14.1. The second-order valence-electron chi connectivity index (χ2n) is 5.80. The van der Waals surface area contributed by atoms with Gasteiger partial charge in [-0.05, 0) is 29.8 Å². The van der Waals surface area contributed by atoms with Crippen LogP contribution in [0.25, 0.3) is 10.9 Å². The molecule has 0 saturated heterocycles. The highest BCUT2D eigenvalue weighted by atomic mass is 19.1. The third-order valence-corrected chi connectivity index (χ3v) is 4.00. The van der Waals surface area contributed by atoms with Gasteiger partial charge in [0.05, 0.1) is 18.2 Å². The number of nitrogens with zero attached hydrogens (tertiary/aromatic N) is 1. The molecule has 1 heterocycles. The lowest BCUT2D eigenvalue weighted by Gasteiger charge is -2.17. The molecule has 132 valence electrons. The molecule has 0 radical (unpaired) electrons. The molecule has 0 saturated carbocycles. The first-order chi connectivity index (χ1) is 12.6. The highest BCUT2D eigenvalue weighted by molar-refractivity contribution is 5.99. The van der Waals surface area contributed by atoms with E-state index >= 15 is 0 Å². The van der Waals surface area contributed by atoms with Crippen molar-refractivity contribution in [1.82, 2.24) is 10.3 Å². The number of fused-ring (bicyclic) bond motifs is 1. The summed E-state index contributed by atoms with van der Waals surface area (Å²) in [6.07, 6.45) is 1.66. The van der Waals surface area contributed by atoms with Crippen molar-refractivity contribution in [3.63, 3.8) is 0 Å². The first-order valence-electron chi connectivity index (χ1n) is 8.05. The number of esters is 1. The zero-order chi connectivity index (χ0) is 18.5. The monoisotopic (exact) mass is 352 g/mol. The molecule has 1 N–H and O–H groups in total. The molecule has 0 aliphatic carbocycles. The van der Waals surface area contributed by atoms with E-state index in [4.69, 9.17) is 4.74 Å². The van der Waals surface area contributed by atoms with Crippen LogP contribution in [-0.2, 0) is 16.0 Å². The van der Waals surface area contributed by atoms with Gasteiger partial charge < -0.3 is 10.1 Å². The van der Waals surface area contributed by atoms with Crippen molar-refractivity contribution >= 4 is 22.8 Å². The van der Waals surface area contributed by atoms with Crippen molar-refractivity contribution in [3.8, 4) is 0 Å². The smallest absolute Gasteiger partial charge is 0.328 e. The summed E-state index contributed by atoms with van der Waals surface area (Å²) in [5.41, 5.74) is 1.83. The summed E-state index contributed by atoms with van der Waals surface area (Å²) in [7, 11) is 1.25. The molecule has 26 heavy (non-hydrogen) atoms. The molecule has 0 fully saturated rings. The third kappa shape index (κ3) is 4.03. The molecule has 0 aliphatic heterocycles. The number of amides is 1. The molecule has 3 aromatic rings. The highest BCUT2D eigenvalue weighted by Crippen LogP contribution is 2.13. The van der Waals surface area contributed by atoms with Gasteiger partial charge in [0.15, 0.2) is 0 Å². The lowest BCUT2D eigenvalue weighted by Crippen LogP contribution is -2.43. The van der Waals surface area contributed by atoms with E-state index in [1.807, 2.05) is 24.3 Å². The van der Waals surface area contributed by atoms with Crippen LogP contribution in [0.1, 0.15) is 15.9 Å². The fraction of sp³-hybridized carbons (Fsp3) is 0.150. The predicted molar refractivity (Wildman–Crippen MR) is 95.1 cm³/mol. The first kappa shape index (κ1) is 17.5. The van der Waals surface area contributed by atoms with Crippen LogP contribution in [0.5, 0.6) is 0 Å². The highest BCUT2D eigenvalue weighted by Gasteiger charge is 2.23. The molecule has 5 nitrogen and oxygen atoms in total. The number of benzene rings is 2.